The third-order valence-electron chi connectivity index (χ3n) is 3.48. The van der Waals surface area contributed by atoms with Gasteiger partial charge >= 0.3 is 12.1 Å². The lowest BCUT2D eigenvalue weighted by molar-refractivity contribution is -0.138. The number of carboxylic acids is 1. The third kappa shape index (κ3) is 5.09. The Labute approximate surface area is 136 Å². The van der Waals surface area contributed by atoms with E-state index >= 15 is 0 Å². The molecular formula is C16H17F3N2O3. The first-order valence-electron chi connectivity index (χ1n) is 7.28. The zero-order valence-corrected chi connectivity index (χ0v) is 13.0. The molecule has 0 aliphatic rings. The third-order valence-corrected chi connectivity index (χ3v) is 3.48. The van der Waals surface area contributed by atoms with Crippen LogP contribution in [0.5, 0.6) is 0 Å². The first kappa shape index (κ1) is 18.0. The molecule has 24 heavy (non-hydrogen) atoms. The van der Waals surface area contributed by atoms with E-state index in [1.54, 1.807) is 24.3 Å². The molecule has 130 valence electrons. The van der Waals surface area contributed by atoms with Gasteiger partial charge < -0.3 is 9.63 Å². The molecular weight excluding hydrogens is 325 g/mol. The van der Waals surface area contributed by atoms with Crippen molar-refractivity contribution >= 4 is 5.97 Å². The van der Waals surface area contributed by atoms with Crippen LogP contribution in [0.15, 0.2) is 34.9 Å². The predicted octanol–water partition coefficient (Wildman–Crippen LogP) is 3.64. The van der Waals surface area contributed by atoms with E-state index in [-0.39, 0.29) is 36.7 Å². The molecule has 0 unspecified atom stereocenters. The Morgan fingerprint density at radius 3 is 2.50 bits per heavy atom. The average molecular weight is 342 g/mol. The van der Waals surface area contributed by atoms with Gasteiger partial charge in [-0.05, 0) is 12.5 Å². The van der Waals surface area contributed by atoms with Gasteiger partial charge in [-0.25, -0.2) is 4.79 Å². The highest BCUT2D eigenvalue weighted by Gasteiger charge is 2.29. The Balaban J connectivity index is 2.17. The summed E-state index contributed by atoms with van der Waals surface area (Å²) in [5.41, 5.74) is 0.856. The number of hydrogen-bond donors (Lipinski definition) is 1. The number of rotatable bonds is 7. The van der Waals surface area contributed by atoms with Crippen LogP contribution in [0.25, 0.3) is 0 Å². The normalized spacial score (nSPS) is 11.9. The van der Waals surface area contributed by atoms with E-state index in [2.05, 4.69) is 5.16 Å². The molecule has 0 radical (unpaired) electrons. The molecule has 0 aliphatic heterocycles. The van der Waals surface area contributed by atoms with Crippen molar-refractivity contribution in [2.75, 3.05) is 6.54 Å². The quantitative estimate of drug-likeness (QED) is 0.832. The van der Waals surface area contributed by atoms with E-state index in [9.17, 15) is 23.1 Å². The second-order valence-electron chi connectivity index (χ2n) is 5.43. The highest BCUT2D eigenvalue weighted by Crippen LogP contribution is 2.22. The maximum Gasteiger partial charge on any atom is 0.390 e. The van der Waals surface area contributed by atoms with Gasteiger partial charge in [-0.15, -0.1) is 0 Å². The maximum atomic E-state index is 12.6. The Bertz CT molecular complexity index is 684. The minimum atomic E-state index is -4.29. The van der Waals surface area contributed by atoms with Crippen LogP contribution in [0.2, 0.25) is 0 Å². The van der Waals surface area contributed by atoms with Gasteiger partial charge in [-0.3, -0.25) is 4.90 Å². The number of benzene rings is 1. The van der Waals surface area contributed by atoms with Gasteiger partial charge in [0, 0.05) is 19.6 Å². The zero-order valence-electron chi connectivity index (χ0n) is 13.0. The van der Waals surface area contributed by atoms with Gasteiger partial charge in [0.15, 0.2) is 0 Å². The second-order valence-corrected chi connectivity index (χ2v) is 5.43. The second kappa shape index (κ2) is 7.48. The number of nitrogens with zero attached hydrogens (tertiary/aromatic N) is 2. The van der Waals surface area contributed by atoms with Crippen molar-refractivity contribution in [2.45, 2.75) is 32.6 Å². The van der Waals surface area contributed by atoms with Crippen LogP contribution in [0.4, 0.5) is 13.2 Å². The van der Waals surface area contributed by atoms with Crippen molar-refractivity contribution in [1.29, 1.82) is 0 Å². The minimum Gasteiger partial charge on any atom is -0.477 e. The van der Waals surface area contributed by atoms with E-state index in [1.165, 1.54) is 11.8 Å². The largest absolute Gasteiger partial charge is 0.477 e. The molecule has 5 nitrogen and oxygen atoms in total. The van der Waals surface area contributed by atoms with E-state index < -0.39 is 18.6 Å². The fourth-order valence-electron chi connectivity index (χ4n) is 2.35. The average Bonchev–Trinajstić information content (AvgIpc) is 2.86. The zero-order chi connectivity index (χ0) is 17.7. The molecule has 1 N–H and O–H groups in total. The summed E-state index contributed by atoms with van der Waals surface area (Å²) in [6.45, 7) is 1.41. The van der Waals surface area contributed by atoms with Gasteiger partial charge in [0.05, 0.1) is 6.42 Å². The van der Waals surface area contributed by atoms with Crippen molar-refractivity contribution in [3.05, 3.63) is 52.9 Å². The molecule has 1 aromatic carbocycles. The summed E-state index contributed by atoms with van der Waals surface area (Å²) >= 11 is 0. The molecule has 0 fully saturated rings. The van der Waals surface area contributed by atoms with Crippen molar-refractivity contribution in [3.63, 3.8) is 0 Å². The number of aromatic nitrogens is 1. The molecule has 0 spiro atoms. The summed E-state index contributed by atoms with van der Waals surface area (Å²) in [7, 11) is 0. The van der Waals surface area contributed by atoms with E-state index in [0.717, 1.165) is 5.56 Å². The summed E-state index contributed by atoms with van der Waals surface area (Å²) in [4.78, 5) is 12.8. The molecule has 0 saturated heterocycles. The predicted molar refractivity (Wildman–Crippen MR) is 79.4 cm³/mol. The standard InChI is InChI=1S/C16H17F3N2O3/c1-11-14(15(22)23)13(20-24-11)10-21(8-7-16(17,18)19)9-12-5-3-2-4-6-12/h2-6H,7-10H2,1H3,(H,22,23). The molecule has 0 aliphatic carbocycles. The molecule has 0 saturated carbocycles. The number of aryl methyl sites for hydroxylation is 1. The molecule has 2 aromatic rings. The fourth-order valence-corrected chi connectivity index (χ4v) is 2.35. The van der Waals surface area contributed by atoms with Crippen molar-refractivity contribution in [2.24, 2.45) is 0 Å². The van der Waals surface area contributed by atoms with Gasteiger partial charge in [-0.2, -0.15) is 13.2 Å². The van der Waals surface area contributed by atoms with Crippen LogP contribution in [0.1, 0.15) is 33.8 Å². The van der Waals surface area contributed by atoms with Crippen LogP contribution in [0.3, 0.4) is 0 Å². The lowest BCUT2D eigenvalue weighted by Crippen LogP contribution is -2.28. The van der Waals surface area contributed by atoms with Gasteiger partial charge in [0.1, 0.15) is 17.0 Å². The molecule has 0 bridgehead atoms. The fraction of sp³-hybridized carbons (Fsp3) is 0.375. The number of carboxylic acid groups (broad SMARTS) is 1. The summed E-state index contributed by atoms with van der Waals surface area (Å²) < 4.78 is 42.5. The van der Waals surface area contributed by atoms with E-state index in [0.29, 0.717) is 0 Å². The van der Waals surface area contributed by atoms with Crippen LogP contribution < -0.4 is 0 Å². The first-order chi connectivity index (χ1) is 11.3. The highest BCUT2D eigenvalue weighted by atomic mass is 19.4. The van der Waals surface area contributed by atoms with Crippen molar-refractivity contribution in [3.8, 4) is 0 Å². The lowest BCUT2D eigenvalue weighted by Gasteiger charge is -2.22. The van der Waals surface area contributed by atoms with Crippen molar-refractivity contribution < 1.29 is 27.6 Å². The SMILES string of the molecule is Cc1onc(CN(CCC(F)(F)F)Cc2ccccc2)c1C(=O)O. The Morgan fingerprint density at radius 1 is 1.25 bits per heavy atom. The molecule has 0 amide bonds. The van der Waals surface area contributed by atoms with Crippen molar-refractivity contribution in [1.82, 2.24) is 10.1 Å². The van der Waals surface area contributed by atoms with Crippen LogP contribution in [-0.2, 0) is 13.1 Å². The first-order valence-corrected chi connectivity index (χ1v) is 7.28. The molecule has 1 heterocycles. The topological polar surface area (TPSA) is 66.6 Å². The Hall–Kier alpha value is -2.35. The molecule has 1 aromatic heterocycles. The monoisotopic (exact) mass is 342 g/mol. The number of aromatic carboxylic acids is 1. The number of halogens is 3. The lowest BCUT2D eigenvalue weighted by atomic mass is 10.1. The van der Waals surface area contributed by atoms with E-state index in [4.69, 9.17) is 4.52 Å². The van der Waals surface area contributed by atoms with E-state index in [1.807, 2.05) is 6.07 Å². The van der Waals surface area contributed by atoms with Gasteiger partial charge in [0.25, 0.3) is 0 Å². The summed E-state index contributed by atoms with van der Waals surface area (Å²) in [5.74, 6) is -1.08. The van der Waals surface area contributed by atoms with Crippen LogP contribution in [0, 0.1) is 6.92 Å². The Kier molecular flexibility index (Phi) is 5.61. The highest BCUT2D eigenvalue weighted by molar-refractivity contribution is 5.89. The van der Waals surface area contributed by atoms with Crippen LogP contribution >= 0.6 is 0 Å². The van der Waals surface area contributed by atoms with Crippen LogP contribution in [-0.4, -0.2) is 33.9 Å². The summed E-state index contributed by atoms with van der Waals surface area (Å²) in [6.07, 6.45) is -5.27. The van der Waals surface area contributed by atoms with Gasteiger partial charge in [0.2, 0.25) is 0 Å². The summed E-state index contributed by atoms with van der Waals surface area (Å²) in [5, 5.41) is 12.9. The Morgan fingerprint density at radius 2 is 1.92 bits per heavy atom. The smallest absolute Gasteiger partial charge is 0.390 e. The number of hydrogen-bond acceptors (Lipinski definition) is 4. The minimum absolute atomic E-state index is 0.0378. The molecule has 2 rings (SSSR count). The summed E-state index contributed by atoms with van der Waals surface area (Å²) in [6, 6.07) is 8.99. The maximum absolute atomic E-state index is 12.6. The molecule has 0 atom stereocenters. The molecule has 8 heteroatoms. The number of carbonyl (C=O) groups is 1. The van der Waals surface area contributed by atoms with Gasteiger partial charge in [-0.1, -0.05) is 35.5 Å². The number of alkyl halides is 3.